The molecule has 0 aliphatic rings. The summed E-state index contributed by atoms with van der Waals surface area (Å²) in [5, 5.41) is 18.0. The lowest BCUT2D eigenvalue weighted by Crippen LogP contribution is -2.45. The second kappa shape index (κ2) is 13.0. The van der Waals surface area contributed by atoms with Gasteiger partial charge in [-0.05, 0) is 23.5 Å². The molecule has 0 fully saturated rings. The Morgan fingerprint density at radius 1 is 1.02 bits per heavy atom. The van der Waals surface area contributed by atoms with Crippen molar-refractivity contribution >= 4 is 17.6 Å². The fourth-order valence-corrected chi connectivity index (χ4v) is 4.29. The van der Waals surface area contributed by atoms with E-state index in [0.29, 0.717) is 11.6 Å². The average molecular weight is 627 g/mol. The topological polar surface area (TPSA) is 127 Å². The number of anilines is 1. The molecule has 0 unspecified atom stereocenters. The molecule has 0 aliphatic carbocycles. The van der Waals surface area contributed by atoms with Crippen molar-refractivity contribution in [3.63, 3.8) is 0 Å². The maximum atomic E-state index is 14.6. The minimum Gasteiger partial charge on any atom is -0.465 e. The summed E-state index contributed by atoms with van der Waals surface area (Å²) in [6.45, 7) is 9.57. The minimum absolute atomic E-state index is 0.254. The van der Waals surface area contributed by atoms with Crippen molar-refractivity contribution in [3.05, 3.63) is 84.4 Å². The van der Waals surface area contributed by atoms with E-state index in [-0.39, 0.29) is 6.42 Å². The van der Waals surface area contributed by atoms with Crippen LogP contribution in [0.15, 0.2) is 66.1 Å². The maximum absolute atomic E-state index is 14.6. The number of amides is 1. The summed E-state index contributed by atoms with van der Waals surface area (Å²) in [6.07, 6.45) is -10.9. The third-order valence-electron chi connectivity index (χ3n) is 6.36. The molecule has 3 rings (SSSR count). The monoisotopic (exact) mass is 626 g/mol. The molecular formula is C29H28F6N4O5. The lowest BCUT2D eigenvalue weighted by Gasteiger charge is -2.31. The zero-order valence-electron chi connectivity index (χ0n) is 23.6. The van der Waals surface area contributed by atoms with Crippen LogP contribution in [0.25, 0.3) is 11.6 Å². The summed E-state index contributed by atoms with van der Waals surface area (Å²) < 4.78 is 96.6. The smallest absolute Gasteiger partial charge is 0.426 e. The number of carbonyl (C=O) groups excluding carboxylic acids is 1. The van der Waals surface area contributed by atoms with E-state index in [9.17, 15) is 41.0 Å². The van der Waals surface area contributed by atoms with Crippen LogP contribution in [0.3, 0.4) is 0 Å². The molecule has 2 aromatic heterocycles. The Balaban J connectivity index is 2.22. The largest absolute Gasteiger partial charge is 0.465 e. The van der Waals surface area contributed by atoms with Crippen molar-refractivity contribution < 1.29 is 50.2 Å². The standard InChI is InChI=1S/C29H28F6N4O5/c1-5-12-26(3,4)15-20(40)21-18(28(30,31)32)14-19(36-25(41)42)22(37-21)23-38-39-24(44-23)27(13-6-2,29(33,34)35)43-16-17-10-8-7-9-11-17/h5-11,14,36H,1-2,12-13,15-16H2,3-4H3,(H,41,42)/t27-/m1/s1. The molecule has 0 spiro atoms. The fraction of sp³-hybridized carbons (Fsp3) is 0.345. The number of aromatic nitrogens is 3. The number of pyridine rings is 1. The third-order valence-corrected chi connectivity index (χ3v) is 6.36. The van der Waals surface area contributed by atoms with Gasteiger partial charge in [-0.2, -0.15) is 26.3 Å². The van der Waals surface area contributed by atoms with E-state index in [2.05, 4.69) is 28.3 Å². The molecule has 2 N–H and O–H groups in total. The molecule has 0 saturated carbocycles. The number of hydrogen-bond acceptors (Lipinski definition) is 7. The highest BCUT2D eigenvalue weighted by Crippen LogP contribution is 2.46. The molecule has 0 bridgehead atoms. The Labute approximate surface area is 247 Å². The van der Waals surface area contributed by atoms with Gasteiger partial charge in [0.1, 0.15) is 5.69 Å². The number of carboxylic acid groups (broad SMARTS) is 1. The number of halogens is 6. The lowest BCUT2D eigenvalue weighted by molar-refractivity contribution is -0.295. The van der Waals surface area contributed by atoms with Crippen LogP contribution in [-0.4, -0.2) is 38.3 Å². The van der Waals surface area contributed by atoms with E-state index in [1.54, 1.807) is 37.4 Å². The first-order valence-corrected chi connectivity index (χ1v) is 12.9. The van der Waals surface area contributed by atoms with Crippen molar-refractivity contribution in [2.75, 3.05) is 5.32 Å². The molecule has 9 nitrogen and oxygen atoms in total. The summed E-state index contributed by atoms with van der Waals surface area (Å²) in [7, 11) is 0. The number of rotatable bonds is 13. The van der Waals surface area contributed by atoms with Crippen LogP contribution in [0.5, 0.6) is 0 Å². The molecule has 1 atom stereocenters. The van der Waals surface area contributed by atoms with Crippen LogP contribution in [0.1, 0.15) is 60.6 Å². The third kappa shape index (κ3) is 7.70. The molecule has 236 valence electrons. The quantitative estimate of drug-likeness (QED) is 0.111. The number of benzene rings is 1. The number of nitrogens with one attached hydrogen (secondary N) is 1. The van der Waals surface area contributed by atoms with E-state index in [4.69, 9.17) is 9.15 Å². The van der Waals surface area contributed by atoms with Crippen LogP contribution < -0.4 is 5.32 Å². The second-order valence-corrected chi connectivity index (χ2v) is 10.5. The predicted octanol–water partition coefficient (Wildman–Crippen LogP) is 7.97. The fourth-order valence-electron chi connectivity index (χ4n) is 4.29. The van der Waals surface area contributed by atoms with Crippen LogP contribution in [0.4, 0.5) is 36.8 Å². The Morgan fingerprint density at radius 3 is 2.20 bits per heavy atom. The molecular weight excluding hydrogens is 598 g/mol. The van der Waals surface area contributed by atoms with Crippen molar-refractivity contribution in [2.45, 2.75) is 57.7 Å². The van der Waals surface area contributed by atoms with Crippen LogP contribution >= 0.6 is 0 Å². The van der Waals surface area contributed by atoms with Gasteiger partial charge in [0.25, 0.3) is 11.8 Å². The van der Waals surface area contributed by atoms with Crippen molar-refractivity contribution in [2.24, 2.45) is 5.41 Å². The zero-order valence-corrected chi connectivity index (χ0v) is 23.6. The number of Topliss-reactive ketones (excluding diaryl/α,β-unsaturated/α-hetero) is 1. The first-order valence-electron chi connectivity index (χ1n) is 12.9. The predicted molar refractivity (Wildman–Crippen MR) is 145 cm³/mol. The molecule has 0 radical (unpaired) electrons. The van der Waals surface area contributed by atoms with Gasteiger partial charge in [-0.3, -0.25) is 10.1 Å². The first kappa shape index (κ1) is 34.0. The number of ether oxygens (including phenoxy) is 1. The van der Waals surface area contributed by atoms with Crippen molar-refractivity contribution in [1.82, 2.24) is 15.2 Å². The molecule has 0 aliphatic heterocycles. The van der Waals surface area contributed by atoms with E-state index >= 15 is 0 Å². The normalized spacial score (nSPS) is 13.6. The highest BCUT2D eigenvalue weighted by atomic mass is 19.4. The van der Waals surface area contributed by atoms with Crippen LogP contribution in [0, 0.1) is 5.41 Å². The highest BCUT2D eigenvalue weighted by Gasteiger charge is 2.61. The number of carbonyl (C=O) groups is 2. The maximum Gasteiger partial charge on any atom is 0.426 e. The van der Waals surface area contributed by atoms with Gasteiger partial charge in [-0.25, -0.2) is 9.78 Å². The van der Waals surface area contributed by atoms with Crippen LogP contribution in [0.2, 0.25) is 0 Å². The molecule has 1 amide bonds. The minimum atomic E-state index is -5.17. The van der Waals surface area contributed by atoms with Crippen molar-refractivity contribution in [1.29, 1.82) is 0 Å². The van der Waals surface area contributed by atoms with Gasteiger partial charge in [0, 0.05) is 12.8 Å². The van der Waals surface area contributed by atoms with E-state index in [0.717, 1.165) is 6.08 Å². The molecule has 2 heterocycles. The highest BCUT2D eigenvalue weighted by molar-refractivity contribution is 5.98. The number of allylic oxidation sites excluding steroid dienone is 1. The summed E-state index contributed by atoms with van der Waals surface area (Å²) in [5.74, 6) is -3.13. The van der Waals surface area contributed by atoms with Crippen LogP contribution in [-0.2, 0) is 23.1 Å². The van der Waals surface area contributed by atoms with Gasteiger partial charge in [0.2, 0.25) is 5.60 Å². The van der Waals surface area contributed by atoms with Gasteiger partial charge in [0.05, 0.1) is 17.9 Å². The van der Waals surface area contributed by atoms with Gasteiger partial charge < -0.3 is 14.3 Å². The Morgan fingerprint density at radius 2 is 1.66 bits per heavy atom. The Hall–Kier alpha value is -4.53. The van der Waals surface area contributed by atoms with Gasteiger partial charge in [0.15, 0.2) is 11.5 Å². The number of hydrogen-bond donors (Lipinski definition) is 2. The molecule has 3 aromatic rings. The molecule has 1 aromatic carbocycles. The molecule has 44 heavy (non-hydrogen) atoms. The second-order valence-electron chi connectivity index (χ2n) is 10.5. The average Bonchev–Trinajstić information content (AvgIpc) is 3.40. The number of alkyl halides is 6. The number of nitrogens with zero attached hydrogens (tertiary/aromatic N) is 3. The summed E-state index contributed by atoms with van der Waals surface area (Å²) >= 11 is 0. The van der Waals surface area contributed by atoms with Gasteiger partial charge >= 0.3 is 18.4 Å². The Kier molecular flexibility index (Phi) is 10.0. The summed E-state index contributed by atoms with van der Waals surface area (Å²) in [4.78, 5) is 28.3. The number of ketones is 1. The first-order chi connectivity index (χ1) is 20.4. The lowest BCUT2D eigenvalue weighted by atomic mass is 9.83. The van der Waals surface area contributed by atoms with E-state index in [1.807, 2.05) is 0 Å². The molecule has 0 saturated heterocycles. The summed E-state index contributed by atoms with van der Waals surface area (Å²) in [6, 6.07) is 8.13. The van der Waals surface area contributed by atoms with E-state index in [1.165, 1.54) is 18.2 Å². The molecule has 15 heteroatoms. The van der Waals surface area contributed by atoms with E-state index < -0.39 is 89.1 Å². The van der Waals surface area contributed by atoms with Gasteiger partial charge in [-0.15, -0.1) is 23.4 Å². The Bertz CT molecular complexity index is 1520. The SMILES string of the molecule is C=CCC(C)(C)CC(=O)c1nc(-c2nnc([C@@](CC=C)(OCc3ccccc3)C(F)(F)F)o2)c(NC(=O)O)cc1C(F)(F)F. The zero-order chi connectivity index (χ0) is 32.9. The summed E-state index contributed by atoms with van der Waals surface area (Å²) in [5.41, 5.74) is -8.09. The van der Waals surface area contributed by atoms with Crippen molar-refractivity contribution in [3.8, 4) is 11.6 Å². The van der Waals surface area contributed by atoms with Gasteiger partial charge in [-0.1, -0.05) is 56.3 Å².